The first-order valence-electron chi connectivity index (χ1n) is 8.57. The van der Waals surface area contributed by atoms with Crippen LogP contribution in [-0.2, 0) is 11.2 Å². The Morgan fingerprint density at radius 3 is 2.68 bits per heavy atom. The van der Waals surface area contributed by atoms with Gasteiger partial charge in [-0.1, -0.05) is 36.4 Å². The van der Waals surface area contributed by atoms with Gasteiger partial charge in [0.05, 0.1) is 6.26 Å². The maximum absolute atomic E-state index is 12.1. The summed E-state index contributed by atoms with van der Waals surface area (Å²) < 4.78 is 5.59. The molecule has 25 heavy (non-hydrogen) atoms. The summed E-state index contributed by atoms with van der Waals surface area (Å²) in [5, 5.41) is 3.01. The smallest absolute Gasteiger partial charge is 0.220 e. The van der Waals surface area contributed by atoms with Crippen molar-refractivity contribution in [3.8, 4) is 0 Å². The number of hydrogen-bond acceptors (Lipinski definition) is 3. The number of furan rings is 1. The van der Waals surface area contributed by atoms with E-state index in [2.05, 4.69) is 22.4 Å². The highest BCUT2D eigenvalue weighted by Crippen LogP contribution is 2.27. The number of carbonyl (C=O) groups is 1. The third-order valence-corrected chi connectivity index (χ3v) is 4.21. The minimum Gasteiger partial charge on any atom is -0.469 e. The van der Waals surface area contributed by atoms with Crippen LogP contribution in [-0.4, -0.2) is 17.4 Å². The Kier molecular flexibility index (Phi) is 5.99. The number of nitrogens with zero attached hydrogens (tertiary/aromatic N) is 1. The molecule has 0 saturated carbocycles. The second kappa shape index (κ2) is 8.83. The Labute approximate surface area is 147 Å². The zero-order valence-electron chi connectivity index (χ0n) is 14.1. The van der Waals surface area contributed by atoms with Crippen molar-refractivity contribution in [3.63, 3.8) is 0 Å². The van der Waals surface area contributed by atoms with Gasteiger partial charge in [0.15, 0.2) is 0 Å². The molecule has 0 spiro atoms. The van der Waals surface area contributed by atoms with Crippen LogP contribution in [0, 0.1) is 0 Å². The van der Waals surface area contributed by atoms with Crippen LogP contribution in [0.25, 0.3) is 0 Å². The van der Waals surface area contributed by atoms with E-state index in [1.807, 2.05) is 42.5 Å². The Morgan fingerprint density at radius 1 is 1.08 bits per heavy atom. The van der Waals surface area contributed by atoms with Crippen LogP contribution in [0.3, 0.4) is 0 Å². The van der Waals surface area contributed by atoms with Crippen LogP contribution in [0.5, 0.6) is 0 Å². The highest BCUT2D eigenvalue weighted by Gasteiger charge is 2.16. The highest BCUT2D eigenvalue weighted by molar-refractivity contribution is 5.76. The second-order valence-corrected chi connectivity index (χ2v) is 5.98. The third kappa shape index (κ3) is 5.05. The van der Waals surface area contributed by atoms with E-state index in [1.54, 1.807) is 18.7 Å². The summed E-state index contributed by atoms with van der Waals surface area (Å²) in [6.45, 7) is 0.617. The van der Waals surface area contributed by atoms with Crippen molar-refractivity contribution in [1.82, 2.24) is 10.3 Å². The van der Waals surface area contributed by atoms with E-state index in [0.717, 1.165) is 17.7 Å². The first kappa shape index (κ1) is 17.0. The average molecular weight is 334 g/mol. The number of pyridine rings is 1. The zero-order chi connectivity index (χ0) is 17.3. The summed E-state index contributed by atoms with van der Waals surface area (Å²) in [5.74, 6) is 1.14. The van der Waals surface area contributed by atoms with Gasteiger partial charge in [-0.25, -0.2) is 0 Å². The standard InChI is InChI=1S/C21H22N2O2/c24-21(11-10-17-6-4-13-22-16-17)23-14-12-19(20-9-5-15-25-20)18-7-2-1-3-8-18/h1-9,13,15-16,19H,10-12,14H2,(H,23,24)/t19-/m1/s1. The number of hydrogen-bond donors (Lipinski definition) is 1. The minimum absolute atomic E-state index is 0.0649. The fourth-order valence-electron chi connectivity index (χ4n) is 2.90. The van der Waals surface area contributed by atoms with Crippen molar-refractivity contribution in [2.75, 3.05) is 6.54 Å². The molecule has 0 fully saturated rings. The fraction of sp³-hybridized carbons (Fsp3) is 0.238. The predicted octanol–water partition coefficient (Wildman–Crippen LogP) is 3.95. The number of benzene rings is 1. The lowest BCUT2D eigenvalue weighted by Gasteiger charge is -2.15. The van der Waals surface area contributed by atoms with E-state index in [9.17, 15) is 4.79 Å². The molecule has 3 rings (SSSR count). The van der Waals surface area contributed by atoms with Gasteiger partial charge < -0.3 is 9.73 Å². The maximum atomic E-state index is 12.1. The molecule has 0 aliphatic rings. The third-order valence-electron chi connectivity index (χ3n) is 4.21. The fourth-order valence-corrected chi connectivity index (χ4v) is 2.90. The van der Waals surface area contributed by atoms with Gasteiger partial charge in [0.25, 0.3) is 0 Å². The number of nitrogens with one attached hydrogen (secondary N) is 1. The topological polar surface area (TPSA) is 55.1 Å². The monoisotopic (exact) mass is 334 g/mol. The van der Waals surface area contributed by atoms with Crippen molar-refractivity contribution in [3.05, 3.63) is 90.1 Å². The molecule has 1 atom stereocenters. The molecule has 0 saturated heterocycles. The van der Waals surface area contributed by atoms with Gasteiger partial charge in [0.1, 0.15) is 5.76 Å². The highest BCUT2D eigenvalue weighted by atomic mass is 16.3. The van der Waals surface area contributed by atoms with Crippen LogP contribution in [0.1, 0.15) is 35.6 Å². The molecule has 0 aliphatic heterocycles. The van der Waals surface area contributed by atoms with Crippen molar-refractivity contribution in [2.45, 2.75) is 25.2 Å². The quantitative estimate of drug-likeness (QED) is 0.679. The number of aromatic nitrogens is 1. The minimum atomic E-state index is 0.0649. The van der Waals surface area contributed by atoms with E-state index in [1.165, 1.54) is 5.56 Å². The normalized spacial score (nSPS) is 11.8. The maximum Gasteiger partial charge on any atom is 0.220 e. The summed E-state index contributed by atoms with van der Waals surface area (Å²) in [4.78, 5) is 16.1. The molecule has 1 aromatic carbocycles. The molecule has 3 aromatic rings. The number of carbonyl (C=O) groups excluding carboxylic acids is 1. The van der Waals surface area contributed by atoms with Crippen LogP contribution in [0.15, 0.2) is 77.7 Å². The number of aryl methyl sites for hydroxylation is 1. The van der Waals surface area contributed by atoms with Gasteiger partial charge in [-0.15, -0.1) is 0 Å². The van der Waals surface area contributed by atoms with Gasteiger partial charge in [0.2, 0.25) is 5.91 Å². The van der Waals surface area contributed by atoms with E-state index in [0.29, 0.717) is 19.4 Å². The summed E-state index contributed by atoms with van der Waals surface area (Å²) in [5.41, 5.74) is 2.28. The van der Waals surface area contributed by atoms with E-state index >= 15 is 0 Å². The molecule has 4 heteroatoms. The molecule has 1 amide bonds. The van der Waals surface area contributed by atoms with Crippen molar-refractivity contribution < 1.29 is 9.21 Å². The van der Waals surface area contributed by atoms with E-state index in [4.69, 9.17) is 4.42 Å². The molecule has 128 valence electrons. The first-order valence-corrected chi connectivity index (χ1v) is 8.57. The van der Waals surface area contributed by atoms with Crippen LogP contribution < -0.4 is 5.32 Å². The van der Waals surface area contributed by atoms with Gasteiger partial charge >= 0.3 is 0 Å². The van der Waals surface area contributed by atoms with Crippen LogP contribution in [0.4, 0.5) is 0 Å². The summed E-state index contributed by atoms with van der Waals surface area (Å²) in [7, 11) is 0. The Balaban J connectivity index is 1.51. The SMILES string of the molecule is O=C(CCc1cccnc1)NCC[C@H](c1ccccc1)c1ccco1. The molecule has 0 aliphatic carbocycles. The molecule has 0 radical (unpaired) electrons. The number of amides is 1. The molecule has 1 N–H and O–H groups in total. The van der Waals surface area contributed by atoms with Gasteiger partial charge in [-0.2, -0.15) is 0 Å². The van der Waals surface area contributed by atoms with Crippen LogP contribution in [0.2, 0.25) is 0 Å². The lowest BCUT2D eigenvalue weighted by Crippen LogP contribution is -2.26. The zero-order valence-corrected chi connectivity index (χ0v) is 14.1. The molecule has 4 nitrogen and oxygen atoms in total. The molecule has 0 unspecified atom stereocenters. The summed E-state index contributed by atoms with van der Waals surface area (Å²) in [6, 6.07) is 18.0. The van der Waals surface area contributed by atoms with E-state index < -0.39 is 0 Å². The lowest BCUT2D eigenvalue weighted by atomic mass is 9.93. The van der Waals surface area contributed by atoms with E-state index in [-0.39, 0.29) is 11.8 Å². The summed E-state index contributed by atoms with van der Waals surface area (Å²) >= 11 is 0. The van der Waals surface area contributed by atoms with Gasteiger partial charge in [-0.3, -0.25) is 9.78 Å². The Morgan fingerprint density at radius 2 is 1.96 bits per heavy atom. The molecule has 0 bridgehead atoms. The van der Waals surface area contributed by atoms with Gasteiger partial charge in [-0.05, 0) is 42.2 Å². The molecular weight excluding hydrogens is 312 g/mol. The Hall–Kier alpha value is -2.88. The molecular formula is C21H22N2O2. The second-order valence-electron chi connectivity index (χ2n) is 5.98. The van der Waals surface area contributed by atoms with Crippen molar-refractivity contribution in [1.29, 1.82) is 0 Å². The summed E-state index contributed by atoms with van der Waals surface area (Å²) in [6.07, 6.45) is 7.22. The largest absolute Gasteiger partial charge is 0.469 e. The van der Waals surface area contributed by atoms with Crippen molar-refractivity contribution >= 4 is 5.91 Å². The first-order chi connectivity index (χ1) is 12.3. The van der Waals surface area contributed by atoms with Gasteiger partial charge in [0, 0.05) is 31.3 Å². The number of rotatable bonds is 8. The van der Waals surface area contributed by atoms with Crippen LogP contribution >= 0.6 is 0 Å². The molecule has 2 aromatic heterocycles. The lowest BCUT2D eigenvalue weighted by molar-refractivity contribution is -0.121. The molecule has 2 heterocycles. The predicted molar refractivity (Wildman–Crippen MR) is 97.2 cm³/mol. The average Bonchev–Trinajstić information content (AvgIpc) is 3.19. The Bertz CT molecular complexity index is 755. The van der Waals surface area contributed by atoms with Crippen molar-refractivity contribution in [2.24, 2.45) is 0 Å².